The highest BCUT2D eigenvalue weighted by atomic mass is 35.5. The molecule has 2 atom stereocenters. The fourth-order valence-corrected chi connectivity index (χ4v) is 3.92. The van der Waals surface area contributed by atoms with E-state index >= 15 is 0 Å². The van der Waals surface area contributed by atoms with E-state index in [0.717, 1.165) is 22.0 Å². The first-order valence-electron chi connectivity index (χ1n) is 8.40. The van der Waals surface area contributed by atoms with Gasteiger partial charge in [-0.25, -0.2) is 0 Å². The fourth-order valence-electron chi connectivity index (χ4n) is 3.74. The maximum atomic E-state index is 12.7. The first kappa shape index (κ1) is 16.7. The van der Waals surface area contributed by atoms with Crippen LogP contribution in [0.4, 0.5) is 0 Å². The molecular formula is C20H17ClN2O3. The van der Waals surface area contributed by atoms with Crippen LogP contribution in [0.2, 0.25) is 5.02 Å². The second kappa shape index (κ2) is 6.50. The molecule has 5 nitrogen and oxygen atoms in total. The van der Waals surface area contributed by atoms with E-state index in [1.54, 1.807) is 18.2 Å². The Bertz CT molecular complexity index is 1010. The summed E-state index contributed by atoms with van der Waals surface area (Å²) in [7, 11) is 0. The number of rotatable bonds is 4. The lowest BCUT2D eigenvalue weighted by Gasteiger charge is -2.20. The molecule has 0 saturated heterocycles. The third-order valence-electron chi connectivity index (χ3n) is 4.92. The van der Waals surface area contributed by atoms with Crippen molar-refractivity contribution < 1.29 is 14.7 Å². The van der Waals surface area contributed by atoms with E-state index in [9.17, 15) is 14.7 Å². The number of hydrogen-bond donors (Lipinski definition) is 3. The summed E-state index contributed by atoms with van der Waals surface area (Å²) >= 11 is 5.99. The molecule has 1 aromatic heterocycles. The number of aliphatic carboxylic acids is 1. The lowest BCUT2D eigenvalue weighted by Crippen LogP contribution is -2.38. The first-order chi connectivity index (χ1) is 12.5. The molecule has 132 valence electrons. The van der Waals surface area contributed by atoms with Gasteiger partial charge in [0.25, 0.3) is 5.91 Å². The van der Waals surface area contributed by atoms with Gasteiger partial charge in [-0.3, -0.25) is 9.59 Å². The number of halogens is 1. The van der Waals surface area contributed by atoms with Gasteiger partial charge in [0.1, 0.15) is 5.69 Å². The topological polar surface area (TPSA) is 82.2 Å². The van der Waals surface area contributed by atoms with Crippen LogP contribution in [-0.4, -0.2) is 28.0 Å². The predicted octanol–water partition coefficient (Wildman–Crippen LogP) is 3.73. The number of nitrogens with one attached hydrogen (secondary N) is 2. The molecule has 6 heteroatoms. The van der Waals surface area contributed by atoms with Crippen LogP contribution in [0, 0.1) is 0 Å². The molecule has 1 aliphatic carbocycles. The summed E-state index contributed by atoms with van der Waals surface area (Å²) in [5.41, 5.74) is 3.36. The van der Waals surface area contributed by atoms with Gasteiger partial charge in [-0.15, -0.1) is 0 Å². The molecule has 0 spiro atoms. The molecule has 0 fully saturated rings. The maximum Gasteiger partial charge on any atom is 0.304 e. The van der Waals surface area contributed by atoms with Crippen molar-refractivity contribution in [2.75, 3.05) is 0 Å². The minimum Gasteiger partial charge on any atom is -0.481 e. The Kier molecular flexibility index (Phi) is 4.17. The molecule has 0 bridgehead atoms. The Morgan fingerprint density at radius 3 is 2.81 bits per heavy atom. The molecule has 3 N–H and O–H groups in total. The predicted molar refractivity (Wildman–Crippen MR) is 99.7 cm³/mol. The fraction of sp³-hybridized carbons (Fsp3) is 0.200. The van der Waals surface area contributed by atoms with Crippen LogP contribution in [0.5, 0.6) is 0 Å². The Labute approximate surface area is 155 Å². The highest BCUT2D eigenvalue weighted by Gasteiger charge is 2.35. The van der Waals surface area contributed by atoms with Gasteiger partial charge in [0.2, 0.25) is 0 Å². The second-order valence-corrected chi connectivity index (χ2v) is 7.04. The van der Waals surface area contributed by atoms with Crippen LogP contribution in [-0.2, 0) is 11.2 Å². The van der Waals surface area contributed by atoms with Crippen LogP contribution < -0.4 is 5.32 Å². The lowest BCUT2D eigenvalue weighted by molar-refractivity contribution is -0.137. The Morgan fingerprint density at radius 1 is 1.19 bits per heavy atom. The summed E-state index contributed by atoms with van der Waals surface area (Å²) < 4.78 is 0. The van der Waals surface area contributed by atoms with Gasteiger partial charge in [0.05, 0.1) is 6.42 Å². The number of carbonyl (C=O) groups excluding carboxylic acids is 1. The minimum absolute atomic E-state index is 0.00965. The summed E-state index contributed by atoms with van der Waals surface area (Å²) in [5, 5.41) is 13.7. The normalized spacial score (nSPS) is 18.7. The van der Waals surface area contributed by atoms with E-state index in [-0.39, 0.29) is 24.3 Å². The molecule has 0 radical (unpaired) electrons. The SMILES string of the molecule is O=C(O)C[C@@H]1c2ccccc2CC1NC(=O)c1cc2cc(Cl)ccc2[nH]1. The summed E-state index contributed by atoms with van der Waals surface area (Å²) in [5.74, 6) is -1.34. The minimum atomic E-state index is -0.869. The number of carbonyl (C=O) groups is 2. The van der Waals surface area contributed by atoms with Crippen LogP contribution in [0.15, 0.2) is 48.5 Å². The molecule has 1 aliphatic rings. The van der Waals surface area contributed by atoms with Crippen LogP contribution >= 0.6 is 11.6 Å². The van der Waals surface area contributed by atoms with Crippen LogP contribution in [0.25, 0.3) is 10.9 Å². The molecular weight excluding hydrogens is 352 g/mol. The van der Waals surface area contributed by atoms with Crippen molar-refractivity contribution >= 4 is 34.4 Å². The molecule has 0 aliphatic heterocycles. The largest absolute Gasteiger partial charge is 0.481 e. The summed E-state index contributed by atoms with van der Waals surface area (Å²) in [4.78, 5) is 27.1. The molecule has 1 unspecified atom stereocenters. The van der Waals surface area contributed by atoms with Crippen molar-refractivity contribution in [1.29, 1.82) is 0 Å². The van der Waals surface area contributed by atoms with Gasteiger partial charge < -0.3 is 15.4 Å². The Morgan fingerprint density at radius 2 is 2.00 bits per heavy atom. The van der Waals surface area contributed by atoms with Gasteiger partial charge in [-0.1, -0.05) is 35.9 Å². The van der Waals surface area contributed by atoms with Gasteiger partial charge in [0, 0.05) is 27.9 Å². The van der Waals surface area contributed by atoms with Crippen LogP contribution in [0.1, 0.15) is 34.0 Å². The maximum absolute atomic E-state index is 12.7. The summed E-state index contributed by atoms with van der Waals surface area (Å²) in [6.45, 7) is 0. The van der Waals surface area contributed by atoms with E-state index in [1.165, 1.54) is 0 Å². The molecule has 1 heterocycles. The quantitative estimate of drug-likeness (QED) is 0.656. The number of aromatic nitrogens is 1. The zero-order valence-corrected chi connectivity index (χ0v) is 14.6. The lowest BCUT2D eigenvalue weighted by atomic mass is 9.94. The molecule has 3 aromatic rings. The number of carboxylic acids is 1. The zero-order chi connectivity index (χ0) is 18.3. The summed E-state index contributed by atoms with van der Waals surface area (Å²) in [6.07, 6.45) is 0.621. The average molecular weight is 369 g/mol. The Hall–Kier alpha value is -2.79. The number of carboxylic acid groups (broad SMARTS) is 1. The van der Waals surface area contributed by atoms with Crippen molar-refractivity contribution in [2.24, 2.45) is 0 Å². The number of benzene rings is 2. The van der Waals surface area contributed by atoms with E-state index in [4.69, 9.17) is 11.6 Å². The third-order valence-corrected chi connectivity index (χ3v) is 5.15. The van der Waals surface area contributed by atoms with Gasteiger partial charge in [-0.05, 0) is 41.8 Å². The highest BCUT2D eigenvalue weighted by molar-refractivity contribution is 6.31. The number of hydrogen-bond acceptors (Lipinski definition) is 2. The zero-order valence-electron chi connectivity index (χ0n) is 13.8. The van der Waals surface area contributed by atoms with E-state index < -0.39 is 5.97 Å². The van der Waals surface area contributed by atoms with Gasteiger partial charge in [-0.2, -0.15) is 0 Å². The molecule has 26 heavy (non-hydrogen) atoms. The molecule has 0 saturated carbocycles. The number of H-pyrrole nitrogens is 1. The van der Waals surface area contributed by atoms with Crippen molar-refractivity contribution in [2.45, 2.75) is 24.8 Å². The van der Waals surface area contributed by atoms with Gasteiger partial charge in [0.15, 0.2) is 0 Å². The molecule has 4 rings (SSSR count). The van der Waals surface area contributed by atoms with Crippen LogP contribution in [0.3, 0.4) is 0 Å². The van der Waals surface area contributed by atoms with Crippen molar-refractivity contribution in [3.63, 3.8) is 0 Å². The molecule has 2 aromatic carbocycles. The van der Waals surface area contributed by atoms with E-state index in [1.807, 2.05) is 30.3 Å². The summed E-state index contributed by atoms with van der Waals surface area (Å²) in [6, 6.07) is 14.7. The highest BCUT2D eigenvalue weighted by Crippen LogP contribution is 2.36. The smallest absolute Gasteiger partial charge is 0.304 e. The standard InChI is InChI=1S/C20H17ClN2O3/c21-13-5-6-16-12(7-13)9-18(22-16)20(26)23-17-8-11-3-1-2-4-14(11)15(17)10-19(24)25/h1-7,9,15,17,22H,8,10H2,(H,23,26)(H,24,25)/t15-,17?/m1/s1. The average Bonchev–Trinajstić information content (AvgIpc) is 3.16. The number of fused-ring (bicyclic) bond motifs is 2. The Balaban J connectivity index is 1.58. The second-order valence-electron chi connectivity index (χ2n) is 6.60. The van der Waals surface area contributed by atoms with Gasteiger partial charge >= 0.3 is 5.97 Å². The number of amides is 1. The monoisotopic (exact) mass is 368 g/mol. The van der Waals surface area contributed by atoms with E-state index in [2.05, 4.69) is 10.3 Å². The van der Waals surface area contributed by atoms with E-state index in [0.29, 0.717) is 17.1 Å². The number of aromatic amines is 1. The van der Waals surface area contributed by atoms with Crippen molar-refractivity contribution in [1.82, 2.24) is 10.3 Å². The molecule has 1 amide bonds. The first-order valence-corrected chi connectivity index (χ1v) is 8.78. The van der Waals surface area contributed by atoms with Crippen molar-refractivity contribution in [3.8, 4) is 0 Å². The van der Waals surface area contributed by atoms with Crippen molar-refractivity contribution in [3.05, 3.63) is 70.4 Å². The third kappa shape index (κ3) is 3.06.